The van der Waals surface area contributed by atoms with Crippen LogP contribution in [0.25, 0.3) is 0 Å². The molecule has 144 valence electrons. The van der Waals surface area contributed by atoms with Crippen LogP contribution in [0.5, 0.6) is 11.6 Å². The second-order valence-corrected chi connectivity index (χ2v) is 6.60. The maximum absolute atomic E-state index is 13.0. The third-order valence-electron chi connectivity index (χ3n) is 4.40. The molecule has 8 heteroatoms. The zero-order valence-corrected chi connectivity index (χ0v) is 16.4. The van der Waals surface area contributed by atoms with Gasteiger partial charge < -0.3 is 15.4 Å². The molecule has 0 radical (unpaired) electrons. The van der Waals surface area contributed by atoms with Crippen molar-refractivity contribution in [2.24, 2.45) is 5.73 Å². The van der Waals surface area contributed by atoms with Gasteiger partial charge in [0.1, 0.15) is 12.1 Å². The topological polar surface area (TPSA) is 81.3 Å². The van der Waals surface area contributed by atoms with Gasteiger partial charge in [0.25, 0.3) is 5.91 Å². The molecule has 3 aromatic rings. The monoisotopic (exact) mass is 416 g/mol. The highest BCUT2D eigenvalue weighted by molar-refractivity contribution is 6.31. The minimum Gasteiger partial charge on any atom is -0.439 e. The zero-order chi connectivity index (χ0) is 18.8. The molecule has 2 N–H and O–H groups in total. The molecule has 0 aliphatic carbocycles. The fourth-order valence-corrected chi connectivity index (χ4v) is 3.24. The molecule has 0 bridgehead atoms. The second kappa shape index (κ2) is 8.56. The predicted molar refractivity (Wildman–Crippen MR) is 111 cm³/mol. The number of hydrogen-bond donors (Lipinski definition) is 1. The largest absolute Gasteiger partial charge is 0.439 e. The van der Waals surface area contributed by atoms with Crippen LogP contribution < -0.4 is 15.4 Å². The number of ether oxygens (including phenoxy) is 1. The summed E-state index contributed by atoms with van der Waals surface area (Å²) in [5.41, 5.74) is 8.79. The highest BCUT2D eigenvalue weighted by atomic mass is 35.5. The molecule has 1 aromatic heterocycles. The van der Waals surface area contributed by atoms with Crippen LogP contribution in [0.15, 0.2) is 54.9 Å². The highest BCUT2D eigenvalue weighted by Gasteiger charge is 2.26. The molecule has 0 spiro atoms. The number of fused-ring (bicyclic) bond motifs is 1. The Morgan fingerprint density at radius 1 is 1.18 bits per heavy atom. The third kappa shape index (κ3) is 4.09. The summed E-state index contributed by atoms with van der Waals surface area (Å²) in [5.74, 6) is 0.813. The van der Waals surface area contributed by atoms with E-state index in [0.717, 1.165) is 17.7 Å². The molecule has 0 fully saturated rings. The Bertz CT molecular complexity index is 1010. The van der Waals surface area contributed by atoms with Gasteiger partial charge in [-0.15, -0.1) is 12.4 Å². The molecule has 2 aromatic carbocycles. The number of anilines is 1. The number of halogens is 2. The number of nitrogens with two attached hydrogens (primary N) is 1. The number of aromatic nitrogens is 2. The van der Waals surface area contributed by atoms with E-state index < -0.39 is 0 Å². The summed E-state index contributed by atoms with van der Waals surface area (Å²) in [6.45, 7) is 0.930. The van der Waals surface area contributed by atoms with Crippen molar-refractivity contribution in [3.63, 3.8) is 0 Å². The average Bonchev–Trinajstić information content (AvgIpc) is 3.10. The van der Waals surface area contributed by atoms with E-state index in [9.17, 15) is 4.79 Å². The van der Waals surface area contributed by atoms with E-state index in [-0.39, 0.29) is 18.3 Å². The predicted octanol–water partition coefficient (Wildman–Crippen LogP) is 4.01. The van der Waals surface area contributed by atoms with Gasteiger partial charge in [-0.3, -0.25) is 4.79 Å². The van der Waals surface area contributed by atoms with Gasteiger partial charge in [0.2, 0.25) is 5.88 Å². The molecular weight excluding hydrogens is 399 g/mol. The number of carbonyl (C=O) groups excluding carboxylic acids is 1. The van der Waals surface area contributed by atoms with Gasteiger partial charge in [0.15, 0.2) is 0 Å². The minimum absolute atomic E-state index is 0. The van der Waals surface area contributed by atoms with Crippen molar-refractivity contribution in [1.29, 1.82) is 0 Å². The molecule has 6 nitrogen and oxygen atoms in total. The number of nitrogens with zero attached hydrogens (tertiary/aromatic N) is 3. The van der Waals surface area contributed by atoms with Gasteiger partial charge in [0, 0.05) is 35.4 Å². The van der Waals surface area contributed by atoms with Crippen LogP contribution in [0.2, 0.25) is 5.02 Å². The van der Waals surface area contributed by atoms with Crippen LogP contribution in [-0.2, 0) is 13.0 Å². The van der Waals surface area contributed by atoms with Gasteiger partial charge in [0.05, 0.1) is 5.69 Å². The van der Waals surface area contributed by atoms with E-state index in [1.54, 1.807) is 35.2 Å². The van der Waals surface area contributed by atoms with Crippen LogP contribution in [-0.4, -0.2) is 22.4 Å². The Morgan fingerprint density at radius 3 is 2.86 bits per heavy atom. The van der Waals surface area contributed by atoms with Crippen LogP contribution >= 0.6 is 24.0 Å². The summed E-state index contributed by atoms with van der Waals surface area (Å²) < 4.78 is 5.76. The summed E-state index contributed by atoms with van der Waals surface area (Å²) in [4.78, 5) is 22.9. The molecule has 4 rings (SSSR count). The smallest absolute Gasteiger partial charge is 0.258 e. The van der Waals surface area contributed by atoms with Gasteiger partial charge in [-0.05, 0) is 42.3 Å². The molecule has 2 heterocycles. The van der Waals surface area contributed by atoms with Crippen molar-refractivity contribution in [3.05, 3.63) is 76.7 Å². The normalized spacial score (nSPS) is 12.3. The first kappa shape index (κ1) is 20.1. The molecule has 1 amide bonds. The number of benzene rings is 2. The molecule has 0 saturated heterocycles. The molecule has 1 aliphatic heterocycles. The molecule has 0 atom stereocenters. The lowest BCUT2D eigenvalue weighted by Crippen LogP contribution is -2.28. The van der Waals surface area contributed by atoms with Gasteiger partial charge in [-0.1, -0.05) is 23.7 Å². The van der Waals surface area contributed by atoms with Crippen LogP contribution in [0.3, 0.4) is 0 Å². The SMILES string of the molecule is Cl.NCc1cc(Oc2cccc(C(=O)N3CCc4ccc(Cl)cc43)c2)ncn1. The molecule has 1 aliphatic rings. The van der Waals surface area contributed by atoms with Crippen molar-refractivity contribution in [2.75, 3.05) is 11.4 Å². The van der Waals surface area contributed by atoms with E-state index in [1.807, 2.05) is 18.2 Å². The molecule has 0 saturated carbocycles. The summed E-state index contributed by atoms with van der Waals surface area (Å²) in [5, 5.41) is 0.616. The van der Waals surface area contributed by atoms with E-state index in [2.05, 4.69) is 9.97 Å². The number of amides is 1. The van der Waals surface area contributed by atoms with Crippen molar-refractivity contribution < 1.29 is 9.53 Å². The fourth-order valence-electron chi connectivity index (χ4n) is 3.08. The van der Waals surface area contributed by atoms with Crippen molar-refractivity contribution >= 4 is 35.6 Å². The van der Waals surface area contributed by atoms with E-state index in [0.29, 0.717) is 41.0 Å². The van der Waals surface area contributed by atoms with Gasteiger partial charge in [-0.2, -0.15) is 0 Å². The quantitative estimate of drug-likeness (QED) is 0.694. The number of hydrogen-bond acceptors (Lipinski definition) is 5. The first-order valence-corrected chi connectivity index (χ1v) is 8.91. The van der Waals surface area contributed by atoms with Crippen molar-refractivity contribution in [2.45, 2.75) is 13.0 Å². The Hall–Kier alpha value is -2.67. The van der Waals surface area contributed by atoms with Gasteiger partial charge >= 0.3 is 0 Å². The molecular formula is C20H18Cl2N4O2. The molecule has 0 unspecified atom stereocenters. The number of rotatable bonds is 4. The minimum atomic E-state index is -0.0909. The second-order valence-electron chi connectivity index (χ2n) is 6.16. The Balaban J connectivity index is 0.00000225. The first-order valence-electron chi connectivity index (χ1n) is 8.53. The fraction of sp³-hybridized carbons (Fsp3) is 0.150. The lowest BCUT2D eigenvalue weighted by Gasteiger charge is -2.18. The van der Waals surface area contributed by atoms with Crippen LogP contribution in [0, 0.1) is 0 Å². The Kier molecular flexibility index (Phi) is 6.14. The van der Waals surface area contributed by atoms with E-state index >= 15 is 0 Å². The third-order valence-corrected chi connectivity index (χ3v) is 4.63. The van der Waals surface area contributed by atoms with Crippen molar-refractivity contribution in [1.82, 2.24) is 9.97 Å². The highest BCUT2D eigenvalue weighted by Crippen LogP contribution is 2.32. The summed E-state index contributed by atoms with van der Waals surface area (Å²) in [6.07, 6.45) is 2.22. The lowest BCUT2D eigenvalue weighted by molar-refractivity contribution is 0.0989. The maximum atomic E-state index is 13.0. The Morgan fingerprint density at radius 2 is 2.04 bits per heavy atom. The van der Waals surface area contributed by atoms with E-state index in [1.165, 1.54) is 6.33 Å². The Labute approximate surface area is 173 Å². The van der Waals surface area contributed by atoms with Gasteiger partial charge in [-0.25, -0.2) is 9.97 Å². The summed E-state index contributed by atoms with van der Waals surface area (Å²) >= 11 is 6.10. The van der Waals surface area contributed by atoms with Crippen molar-refractivity contribution in [3.8, 4) is 11.6 Å². The van der Waals surface area contributed by atoms with Crippen LogP contribution in [0.4, 0.5) is 5.69 Å². The van der Waals surface area contributed by atoms with E-state index in [4.69, 9.17) is 22.1 Å². The maximum Gasteiger partial charge on any atom is 0.258 e. The molecule has 28 heavy (non-hydrogen) atoms. The standard InChI is InChI=1S/C20H17ClN4O2.ClH/c21-15-5-4-13-6-7-25(18(13)9-15)20(26)14-2-1-3-17(8-14)27-19-10-16(11-22)23-12-24-19;/h1-5,8-10,12H,6-7,11,22H2;1H. The number of carbonyl (C=O) groups is 1. The summed E-state index contributed by atoms with van der Waals surface area (Å²) in [7, 11) is 0. The lowest BCUT2D eigenvalue weighted by atomic mass is 10.1. The first-order chi connectivity index (χ1) is 13.1. The summed E-state index contributed by atoms with van der Waals surface area (Å²) in [6, 6.07) is 14.3. The zero-order valence-electron chi connectivity index (χ0n) is 14.8. The van der Waals surface area contributed by atoms with Crippen LogP contribution in [0.1, 0.15) is 21.6 Å². The average molecular weight is 417 g/mol.